The molecule has 0 aliphatic carbocycles. The standard InChI is InChI=1S/C5HCl2N3/c6-3-2-9-5(7)10-4(3)1-8/h2H. The topological polar surface area (TPSA) is 49.6 Å². The van der Waals surface area contributed by atoms with Crippen molar-refractivity contribution in [1.82, 2.24) is 9.97 Å². The molecule has 3 nitrogen and oxygen atoms in total. The Morgan fingerprint density at radius 1 is 1.50 bits per heavy atom. The predicted molar refractivity (Wildman–Crippen MR) is 36.8 cm³/mol. The van der Waals surface area contributed by atoms with Crippen molar-refractivity contribution in [2.45, 2.75) is 0 Å². The third-order valence-electron chi connectivity index (χ3n) is 0.821. The lowest BCUT2D eigenvalue weighted by molar-refractivity contribution is 1.14. The van der Waals surface area contributed by atoms with Crippen molar-refractivity contribution in [1.29, 1.82) is 5.26 Å². The van der Waals surface area contributed by atoms with Crippen LogP contribution in [0.2, 0.25) is 10.3 Å². The summed E-state index contributed by atoms with van der Waals surface area (Å²) in [6.45, 7) is 0. The highest BCUT2D eigenvalue weighted by Gasteiger charge is 2.00. The Bertz CT molecular complexity index is 291. The first-order valence-electron chi connectivity index (χ1n) is 2.32. The fourth-order valence-electron chi connectivity index (χ4n) is 0.424. The second kappa shape index (κ2) is 2.82. The second-order valence-electron chi connectivity index (χ2n) is 1.45. The molecule has 0 saturated carbocycles. The molecule has 0 aromatic carbocycles. The van der Waals surface area contributed by atoms with E-state index < -0.39 is 0 Å². The Kier molecular flexibility index (Phi) is 2.05. The van der Waals surface area contributed by atoms with Crippen molar-refractivity contribution in [3.8, 4) is 6.07 Å². The van der Waals surface area contributed by atoms with E-state index >= 15 is 0 Å². The van der Waals surface area contributed by atoms with Gasteiger partial charge in [0.05, 0.1) is 11.2 Å². The number of hydrogen-bond donors (Lipinski definition) is 0. The van der Waals surface area contributed by atoms with Crippen LogP contribution in [-0.4, -0.2) is 9.97 Å². The van der Waals surface area contributed by atoms with Gasteiger partial charge in [-0.05, 0) is 11.6 Å². The molecule has 10 heavy (non-hydrogen) atoms. The van der Waals surface area contributed by atoms with Gasteiger partial charge in [0.1, 0.15) is 6.07 Å². The molecule has 0 radical (unpaired) electrons. The van der Waals surface area contributed by atoms with Gasteiger partial charge in [0.2, 0.25) is 5.28 Å². The van der Waals surface area contributed by atoms with Crippen LogP contribution in [0, 0.1) is 11.3 Å². The first kappa shape index (κ1) is 7.26. The van der Waals surface area contributed by atoms with Crippen LogP contribution < -0.4 is 0 Å². The summed E-state index contributed by atoms with van der Waals surface area (Å²) in [7, 11) is 0. The minimum Gasteiger partial charge on any atom is -0.225 e. The Labute approximate surface area is 67.2 Å². The van der Waals surface area contributed by atoms with Gasteiger partial charge in [-0.3, -0.25) is 0 Å². The summed E-state index contributed by atoms with van der Waals surface area (Å²) in [6, 6.07) is 1.77. The molecular formula is C5HCl2N3. The molecule has 0 unspecified atom stereocenters. The number of rotatable bonds is 0. The minimum absolute atomic E-state index is 0.0287. The van der Waals surface area contributed by atoms with E-state index in [1.807, 2.05) is 0 Å². The number of nitriles is 1. The van der Waals surface area contributed by atoms with Crippen molar-refractivity contribution in [3.63, 3.8) is 0 Å². The number of hydrogen-bond acceptors (Lipinski definition) is 3. The molecule has 0 atom stereocenters. The third kappa shape index (κ3) is 1.35. The van der Waals surface area contributed by atoms with Crippen LogP contribution in [0.15, 0.2) is 6.20 Å². The summed E-state index contributed by atoms with van der Waals surface area (Å²) >= 11 is 10.9. The molecule has 1 aromatic heterocycles. The number of aromatic nitrogens is 2. The lowest BCUT2D eigenvalue weighted by Crippen LogP contribution is -1.86. The van der Waals surface area contributed by atoms with Crippen molar-refractivity contribution in [2.24, 2.45) is 0 Å². The second-order valence-corrected chi connectivity index (χ2v) is 2.19. The van der Waals surface area contributed by atoms with Crippen LogP contribution >= 0.6 is 23.2 Å². The third-order valence-corrected chi connectivity index (χ3v) is 1.28. The van der Waals surface area contributed by atoms with E-state index in [4.69, 9.17) is 28.5 Å². The Morgan fingerprint density at radius 2 is 2.20 bits per heavy atom. The monoisotopic (exact) mass is 173 g/mol. The van der Waals surface area contributed by atoms with Gasteiger partial charge in [0.25, 0.3) is 0 Å². The molecule has 5 heteroatoms. The van der Waals surface area contributed by atoms with Gasteiger partial charge < -0.3 is 0 Å². The van der Waals surface area contributed by atoms with E-state index in [1.54, 1.807) is 6.07 Å². The van der Waals surface area contributed by atoms with E-state index in [9.17, 15) is 0 Å². The molecule has 50 valence electrons. The van der Waals surface area contributed by atoms with Crippen molar-refractivity contribution >= 4 is 23.2 Å². The molecule has 0 spiro atoms. The smallest absolute Gasteiger partial charge is 0.223 e. The maximum absolute atomic E-state index is 8.36. The molecule has 1 rings (SSSR count). The van der Waals surface area contributed by atoms with E-state index in [0.29, 0.717) is 0 Å². The Hall–Kier alpha value is -0.850. The lowest BCUT2D eigenvalue weighted by atomic mass is 10.4. The molecule has 0 bridgehead atoms. The van der Waals surface area contributed by atoms with Crippen LogP contribution in [0.1, 0.15) is 5.69 Å². The van der Waals surface area contributed by atoms with Gasteiger partial charge >= 0.3 is 0 Å². The summed E-state index contributed by atoms with van der Waals surface area (Å²) in [5.41, 5.74) is 0.0988. The maximum Gasteiger partial charge on any atom is 0.223 e. The van der Waals surface area contributed by atoms with Crippen LogP contribution in [-0.2, 0) is 0 Å². The van der Waals surface area contributed by atoms with E-state index in [2.05, 4.69) is 9.97 Å². The zero-order valence-electron chi connectivity index (χ0n) is 4.67. The maximum atomic E-state index is 8.36. The van der Waals surface area contributed by atoms with Gasteiger partial charge in [-0.1, -0.05) is 11.6 Å². The van der Waals surface area contributed by atoms with E-state index in [1.165, 1.54) is 6.20 Å². The number of halogens is 2. The molecule has 0 saturated heterocycles. The van der Waals surface area contributed by atoms with Crippen LogP contribution in [0.25, 0.3) is 0 Å². The zero-order valence-corrected chi connectivity index (χ0v) is 6.19. The quantitative estimate of drug-likeness (QED) is 0.561. The van der Waals surface area contributed by atoms with Crippen molar-refractivity contribution in [3.05, 3.63) is 22.2 Å². The first-order valence-corrected chi connectivity index (χ1v) is 3.08. The molecule has 0 aliphatic heterocycles. The van der Waals surface area contributed by atoms with Gasteiger partial charge in [-0.15, -0.1) is 0 Å². The number of nitrogens with zero attached hydrogens (tertiary/aromatic N) is 3. The summed E-state index contributed by atoms with van der Waals surface area (Å²) in [6.07, 6.45) is 1.29. The van der Waals surface area contributed by atoms with E-state index in [0.717, 1.165) is 0 Å². The molecule has 0 aliphatic rings. The zero-order chi connectivity index (χ0) is 7.56. The van der Waals surface area contributed by atoms with Gasteiger partial charge in [-0.25, -0.2) is 9.97 Å². The molecule has 1 heterocycles. The average molecular weight is 174 g/mol. The highest BCUT2D eigenvalue weighted by Crippen LogP contribution is 2.12. The van der Waals surface area contributed by atoms with Crippen LogP contribution in [0.4, 0.5) is 0 Å². The Balaban J connectivity index is 3.25. The van der Waals surface area contributed by atoms with Crippen molar-refractivity contribution < 1.29 is 0 Å². The largest absolute Gasteiger partial charge is 0.225 e. The van der Waals surface area contributed by atoms with Crippen molar-refractivity contribution in [2.75, 3.05) is 0 Å². The van der Waals surface area contributed by atoms with Crippen LogP contribution in [0.3, 0.4) is 0 Å². The SMILES string of the molecule is N#Cc1nc(Cl)ncc1Cl. The first-order chi connectivity index (χ1) is 4.74. The summed E-state index contributed by atoms with van der Waals surface area (Å²) in [5.74, 6) is 0. The predicted octanol–water partition coefficient (Wildman–Crippen LogP) is 1.66. The molecule has 0 N–H and O–H groups in total. The normalized spacial score (nSPS) is 8.90. The van der Waals surface area contributed by atoms with Gasteiger partial charge in [0, 0.05) is 0 Å². The molecule has 1 aromatic rings. The summed E-state index contributed by atoms with van der Waals surface area (Å²) < 4.78 is 0. The fourth-order valence-corrected chi connectivity index (χ4v) is 0.691. The average Bonchev–Trinajstić information content (AvgIpc) is 1.94. The summed E-state index contributed by atoms with van der Waals surface area (Å²) in [5, 5.41) is 8.60. The molecule has 0 amide bonds. The van der Waals surface area contributed by atoms with Gasteiger partial charge in [0.15, 0.2) is 5.69 Å². The van der Waals surface area contributed by atoms with E-state index in [-0.39, 0.29) is 16.0 Å². The molecular weight excluding hydrogens is 173 g/mol. The van der Waals surface area contributed by atoms with Crippen LogP contribution in [0.5, 0.6) is 0 Å². The highest BCUT2D eigenvalue weighted by atomic mass is 35.5. The minimum atomic E-state index is 0.0287. The Morgan fingerprint density at radius 3 is 2.70 bits per heavy atom. The molecule has 0 fully saturated rings. The highest BCUT2D eigenvalue weighted by molar-refractivity contribution is 6.32. The lowest BCUT2D eigenvalue weighted by Gasteiger charge is -1.90. The summed E-state index contributed by atoms with van der Waals surface area (Å²) in [4.78, 5) is 7.11. The van der Waals surface area contributed by atoms with Gasteiger partial charge in [-0.2, -0.15) is 5.26 Å². The fraction of sp³-hybridized carbons (Fsp3) is 0.